The number of methoxy groups -OCH3 is 1. The molecule has 0 amide bonds. The number of piperidine rings is 1. The lowest BCUT2D eigenvalue weighted by Crippen LogP contribution is -2.42. The number of aromatic nitrogens is 1. The van der Waals surface area contributed by atoms with Gasteiger partial charge in [-0.15, -0.1) is 0 Å². The zero-order valence-corrected chi connectivity index (χ0v) is 11.9. The molecule has 1 aliphatic heterocycles. The van der Waals surface area contributed by atoms with E-state index in [-0.39, 0.29) is 12.0 Å². The number of ether oxygens (including phenoxy) is 1. The van der Waals surface area contributed by atoms with E-state index in [4.69, 9.17) is 4.74 Å². The second-order valence-corrected chi connectivity index (χ2v) is 5.06. The molecule has 5 heteroatoms. The van der Waals surface area contributed by atoms with Crippen LogP contribution in [-0.2, 0) is 9.53 Å². The number of pyridine rings is 1. The van der Waals surface area contributed by atoms with E-state index in [0.717, 1.165) is 31.4 Å². The number of carbonyl (C=O) groups excluding carboxylic acids is 1. The number of esters is 1. The fourth-order valence-corrected chi connectivity index (χ4v) is 2.67. The van der Waals surface area contributed by atoms with E-state index in [9.17, 15) is 10.1 Å². The average Bonchev–Trinajstić information content (AvgIpc) is 2.47. The topological polar surface area (TPSA) is 66.2 Å². The number of nitrogens with zero attached hydrogens (tertiary/aromatic N) is 3. The van der Waals surface area contributed by atoms with Crippen molar-refractivity contribution in [2.24, 2.45) is 0 Å². The molecule has 5 nitrogen and oxygen atoms in total. The smallest absolute Gasteiger partial charge is 0.307 e. The van der Waals surface area contributed by atoms with Crippen LogP contribution in [0.4, 0.5) is 5.82 Å². The highest BCUT2D eigenvalue weighted by atomic mass is 16.5. The lowest BCUT2D eigenvalue weighted by Gasteiger charge is -2.36. The van der Waals surface area contributed by atoms with Crippen molar-refractivity contribution in [3.8, 4) is 6.07 Å². The summed E-state index contributed by atoms with van der Waals surface area (Å²) in [5.41, 5.74) is 1.52. The zero-order chi connectivity index (χ0) is 14.5. The van der Waals surface area contributed by atoms with Gasteiger partial charge in [0.15, 0.2) is 0 Å². The maximum Gasteiger partial charge on any atom is 0.307 e. The molecule has 0 aliphatic carbocycles. The third kappa shape index (κ3) is 2.90. The molecule has 0 aromatic carbocycles. The molecule has 1 unspecified atom stereocenters. The Kier molecular flexibility index (Phi) is 4.57. The van der Waals surface area contributed by atoms with Gasteiger partial charge in [0, 0.05) is 18.8 Å². The van der Waals surface area contributed by atoms with Crippen LogP contribution in [0.5, 0.6) is 0 Å². The van der Waals surface area contributed by atoms with Crippen molar-refractivity contribution in [1.82, 2.24) is 4.98 Å². The van der Waals surface area contributed by atoms with Crippen LogP contribution >= 0.6 is 0 Å². The number of nitriles is 1. The molecule has 0 N–H and O–H groups in total. The monoisotopic (exact) mass is 273 g/mol. The lowest BCUT2D eigenvalue weighted by atomic mass is 9.98. The summed E-state index contributed by atoms with van der Waals surface area (Å²) < 4.78 is 4.77. The summed E-state index contributed by atoms with van der Waals surface area (Å²) in [5, 5.41) is 9.34. The normalized spacial score (nSPS) is 18.4. The Morgan fingerprint density at radius 2 is 2.40 bits per heavy atom. The number of aryl methyl sites for hydroxylation is 1. The van der Waals surface area contributed by atoms with E-state index in [1.54, 1.807) is 6.20 Å². The predicted octanol–water partition coefficient (Wildman–Crippen LogP) is 2.18. The average molecular weight is 273 g/mol. The Morgan fingerprint density at radius 1 is 1.60 bits per heavy atom. The van der Waals surface area contributed by atoms with Gasteiger partial charge in [-0.3, -0.25) is 4.79 Å². The van der Waals surface area contributed by atoms with Gasteiger partial charge in [0.25, 0.3) is 0 Å². The molecule has 1 saturated heterocycles. The van der Waals surface area contributed by atoms with Crippen molar-refractivity contribution in [3.05, 3.63) is 23.4 Å². The molecule has 20 heavy (non-hydrogen) atoms. The first-order valence-corrected chi connectivity index (χ1v) is 6.86. The summed E-state index contributed by atoms with van der Waals surface area (Å²) in [6.07, 6.45) is 5.13. The van der Waals surface area contributed by atoms with Crippen molar-refractivity contribution in [3.63, 3.8) is 0 Å². The fourth-order valence-electron chi connectivity index (χ4n) is 2.67. The van der Waals surface area contributed by atoms with E-state index in [2.05, 4.69) is 16.0 Å². The number of rotatable bonds is 3. The van der Waals surface area contributed by atoms with Crippen molar-refractivity contribution in [2.75, 3.05) is 18.6 Å². The summed E-state index contributed by atoms with van der Waals surface area (Å²) in [5.74, 6) is 0.481. The van der Waals surface area contributed by atoms with Crippen LogP contribution in [-0.4, -0.2) is 30.6 Å². The van der Waals surface area contributed by atoms with Crippen LogP contribution in [0, 0.1) is 18.3 Å². The molecule has 0 radical (unpaired) electrons. The second kappa shape index (κ2) is 6.38. The summed E-state index contributed by atoms with van der Waals surface area (Å²) >= 11 is 0. The Morgan fingerprint density at radius 3 is 3.10 bits per heavy atom. The lowest BCUT2D eigenvalue weighted by molar-refractivity contribution is -0.141. The minimum Gasteiger partial charge on any atom is -0.469 e. The molecular weight excluding hydrogens is 254 g/mol. The van der Waals surface area contributed by atoms with Gasteiger partial charge in [-0.1, -0.05) is 0 Å². The van der Waals surface area contributed by atoms with Crippen LogP contribution in [0.15, 0.2) is 12.3 Å². The maximum absolute atomic E-state index is 11.5. The first-order valence-electron chi connectivity index (χ1n) is 6.86. The number of carbonyl (C=O) groups is 1. The molecule has 2 heterocycles. The summed E-state index contributed by atoms with van der Waals surface area (Å²) in [6, 6.07) is 4.13. The van der Waals surface area contributed by atoms with Gasteiger partial charge >= 0.3 is 5.97 Å². The van der Waals surface area contributed by atoms with E-state index >= 15 is 0 Å². The van der Waals surface area contributed by atoms with Crippen LogP contribution in [0.25, 0.3) is 0 Å². The van der Waals surface area contributed by atoms with Gasteiger partial charge in [-0.05, 0) is 37.8 Å². The Labute approximate surface area is 119 Å². The van der Waals surface area contributed by atoms with E-state index < -0.39 is 0 Å². The predicted molar refractivity (Wildman–Crippen MR) is 75.3 cm³/mol. The zero-order valence-electron chi connectivity index (χ0n) is 11.9. The van der Waals surface area contributed by atoms with Crippen LogP contribution in [0.2, 0.25) is 0 Å². The molecule has 1 aliphatic rings. The van der Waals surface area contributed by atoms with Gasteiger partial charge in [0.05, 0.1) is 19.1 Å². The van der Waals surface area contributed by atoms with Crippen molar-refractivity contribution in [1.29, 1.82) is 5.26 Å². The van der Waals surface area contributed by atoms with Gasteiger partial charge in [-0.25, -0.2) is 4.98 Å². The third-order valence-corrected chi connectivity index (χ3v) is 3.78. The van der Waals surface area contributed by atoms with Crippen molar-refractivity contribution < 1.29 is 9.53 Å². The highest BCUT2D eigenvalue weighted by Gasteiger charge is 2.28. The van der Waals surface area contributed by atoms with Gasteiger partial charge in [0.1, 0.15) is 11.9 Å². The van der Waals surface area contributed by atoms with Crippen LogP contribution in [0.1, 0.15) is 36.8 Å². The molecule has 106 valence electrons. The molecule has 1 atom stereocenters. The SMILES string of the molecule is COC(=O)CC1CCCCN1c1nccc(C)c1C#N. The van der Waals surface area contributed by atoms with E-state index in [1.165, 1.54) is 7.11 Å². The number of hydrogen-bond donors (Lipinski definition) is 0. The molecule has 0 saturated carbocycles. The fraction of sp³-hybridized carbons (Fsp3) is 0.533. The van der Waals surface area contributed by atoms with Gasteiger partial charge < -0.3 is 9.64 Å². The molecule has 0 bridgehead atoms. The Hall–Kier alpha value is -2.09. The van der Waals surface area contributed by atoms with Gasteiger partial charge in [-0.2, -0.15) is 5.26 Å². The molecule has 1 aromatic heterocycles. The number of hydrogen-bond acceptors (Lipinski definition) is 5. The third-order valence-electron chi connectivity index (χ3n) is 3.78. The summed E-state index contributed by atoms with van der Waals surface area (Å²) in [6.45, 7) is 2.73. The quantitative estimate of drug-likeness (QED) is 0.790. The highest BCUT2D eigenvalue weighted by molar-refractivity contribution is 5.71. The van der Waals surface area contributed by atoms with Crippen molar-refractivity contribution >= 4 is 11.8 Å². The van der Waals surface area contributed by atoms with E-state index in [0.29, 0.717) is 17.8 Å². The van der Waals surface area contributed by atoms with Gasteiger partial charge in [0.2, 0.25) is 0 Å². The highest BCUT2D eigenvalue weighted by Crippen LogP contribution is 2.28. The second-order valence-electron chi connectivity index (χ2n) is 5.06. The minimum atomic E-state index is -0.215. The largest absolute Gasteiger partial charge is 0.469 e. The summed E-state index contributed by atoms with van der Waals surface area (Å²) in [4.78, 5) is 18.0. The first-order chi connectivity index (χ1) is 9.67. The molecule has 1 aromatic rings. The first kappa shape index (κ1) is 14.3. The Balaban J connectivity index is 2.31. The standard InChI is InChI=1S/C15H19N3O2/c1-11-6-7-17-15(13(11)10-16)18-8-4-3-5-12(18)9-14(19)20-2/h6-7,12H,3-5,8-9H2,1-2H3. The Bertz CT molecular complexity index is 536. The maximum atomic E-state index is 11.5. The van der Waals surface area contributed by atoms with Crippen LogP contribution in [0.3, 0.4) is 0 Å². The minimum absolute atomic E-state index is 0.0672. The summed E-state index contributed by atoms with van der Waals surface area (Å²) in [7, 11) is 1.40. The van der Waals surface area contributed by atoms with Crippen LogP contribution < -0.4 is 4.90 Å². The van der Waals surface area contributed by atoms with Crippen molar-refractivity contribution in [2.45, 2.75) is 38.6 Å². The van der Waals surface area contributed by atoms with E-state index in [1.807, 2.05) is 13.0 Å². The molecule has 1 fully saturated rings. The molecule has 2 rings (SSSR count). The molecular formula is C15H19N3O2. The molecule has 0 spiro atoms. The number of anilines is 1.